The van der Waals surface area contributed by atoms with Crippen LogP contribution < -0.4 is 5.32 Å². The van der Waals surface area contributed by atoms with E-state index in [1.807, 2.05) is 0 Å². The Morgan fingerprint density at radius 2 is 1.82 bits per heavy atom. The van der Waals surface area contributed by atoms with Crippen LogP contribution in [0.3, 0.4) is 0 Å². The molecule has 1 unspecified atom stereocenters. The Balaban J connectivity index is 2.68. The summed E-state index contributed by atoms with van der Waals surface area (Å²) >= 11 is 0. The van der Waals surface area contributed by atoms with E-state index in [-0.39, 0.29) is 12.2 Å². The predicted octanol–water partition coefficient (Wildman–Crippen LogP) is 0.694. The number of rotatable bonds is 6. The molecule has 0 bridgehead atoms. The van der Waals surface area contributed by atoms with Crippen molar-refractivity contribution < 1.29 is 19.1 Å². The highest BCUT2D eigenvalue weighted by Crippen LogP contribution is 2.38. The van der Waals surface area contributed by atoms with Crippen molar-refractivity contribution in [2.75, 3.05) is 7.05 Å². The molecule has 3 N–H and O–H groups in total. The van der Waals surface area contributed by atoms with Crippen LogP contribution in [0.15, 0.2) is 24.3 Å². The van der Waals surface area contributed by atoms with Crippen LogP contribution in [0.4, 0.5) is 0 Å². The Hall–Kier alpha value is -1.00. The normalized spacial score (nSPS) is 13.4. The minimum atomic E-state index is -4.01. The first-order valence-corrected chi connectivity index (χ1v) is 6.99. The van der Waals surface area contributed by atoms with Crippen LogP contribution in [0.5, 0.6) is 0 Å². The molecule has 0 saturated carbocycles. The van der Waals surface area contributed by atoms with Gasteiger partial charge in [-0.05, 0) is 24.6 Å². The third kappa shape index (κ3) is 5.24. The summed E-state index contributed by atoms with van der Waals surface area (Å²) in [5, 5.41) is 2.86. The van der Waals surface area contributed by atoms with Gasteiger partial charge >= 0.3 is 7.60 Å². The fourth-order valence-electron chi connectivity index (χ4n) is 1.49. The maximum atomic E-state index is 10.8. The first-order valence-electron chi connectivity index (χ1n) is 5.19. The van der Waals surface area contributed by atoms with Crippen molar-refractivity contribution in [3.63, 3.8) is 0 Å². The third-order valence-electron chi connectivity index (χ3n) is 2.40. The summed E-state index contributed by atoms with van der Waals surface area (Å²) in [6, 6.07) is 6.66. The van der Waals surface area contributed by atoms with Crippen molar-refractivity contribution in [3.8, 4) is 0 Å². The van der Waals surface area contributed by atoms with Crippen LogP contribution in [0, 0.1) is 0 Å². The molecular formula is C11H16NO4P. The van der Waals surface area contributed by atoms with E-state index >= 15 is 0 Å². The molecule has 5 nitrogen and oxygen atoms in total. The zero-order valence-corrected chi connectivity index (χ0v) is 10.4. The lowest BCUT2D eigenvalue weighted by Crippen LogP contribution is -2.28. The number of carbonyl (C=O) groups excluding carboxylic acids is 1. The average molecular weight is 257 g/mol. The van der Waals surface area contributed by atoms with Gasteiger partial charge in [-0.1, -0.05) is 24.3 Å². The number of aldehydes is 1. The second-order valence-corrected chi connectivity index (χ2v) is 5.52. The molecule has 0 aliphatic carbocycles. The molecule has 0 radical (unpaired) electrons. The molecule has 6 heteroatoms. The molecule has 0 aliphatic heterocycles. The summed E-state index contributed by atoms with van der Waals surface area (Å²) < 4.78 is 10.8. The van der Waals surface area contributed by atoms with E-state index < -0.39 is 7.60 Å². The van der Waals surface area contributed by atoms with Gasteiger partial charge in [0, 0.05) is 0 Å². The predicted molar refractivity (Wildman–Crippen MR) is 64.8 cm³/mol. The van der Waals surface area contributed by atoms with Crippen molar-refractivity contribution in [2.45, 2.75) is 18.6 Å². The number of hydrogen-bond acceptors (Lipinski definition) is 3. The van der Waals surface area contributed by atoms with E-state index in [0.717, 1.165) is 11.8 Å². The van der Waals surface area contributed by atoms with Crippen molar-refractivity contribution >= 4 is 13.9 Å². The zero-order valence-electron chi connectivity index (χ0n) is 9.54. The molecule has 0 aliphatic rings. The summed E-state index contributed by atoms with van der Waals surface area (Å²) in [5.74, 6) is 0. The molecule has 0 aromatic heterocycles. The van der Waals surface area contributed by atoms with E-state index in [1.165, 1.54) is 0 Å². The molecule has 1 aromatic rings. The summed E-state index contributed by atoms with van der Waals surface area (Å²) in [7, 11) is -2.30. The summed E-state index contributed by atoms with van der Waals surface area (Å²) in [6.07, 6.45) is 1.15. The van der Waals surface area contributed by atoms with E-state index in [0.29, 0.717) is 12.0 Å². The van der Waals surface area contributed by atoms with Crippen molar-refractivity contribution in [1.82, 2.24) is 5.32 Å². The van der Waals surface area contributed by atoms with Gasteiger partial charge in [-0.3, -0.25) is 4.57 Å². The average Bonchev–Trinajstić information content (AvgIpc) is 2.26. The van der Waals surface area contributed by atoms with E-state index in [2.05, 4.69) is 5.32 Å². The number of nitrogens with one attached hydrogen (secondary N) is 1. The Labute approximate surface area is 100 Å². The van der Waals surface area contributed by atoms with E-state index in [1.54, 1.807) is 31.3 Å². The van der Waals surface area contributed by atoms with Gasteiger partial charge in [0.05, 0.1) is 12.2 Å². The molecule has 0 spiro atoms. The smallest absolute Gasteiger partial charge is 0.324 e. The van der Waals surface area contributed by atoms with Gasteiger partial charge in [0.25, 0.3) is 0 Å². The van der Waals surface area contributed by atoms with Crippen LogP contribution in [0.1, 0.15) is 11.1 Å². The van der Waals surface area contributed by atoms with Crippen LogP contribution in [-0.2, 0) is 21.9 Å². The monoisotopic (exact) mass is 257 g/mol. The standard InChI is InChI=1S/C11H16NO4P/c1-12-11(7-13)6-9-2-4-10(5-3-9)8-17(14,15)16/h2-5,7,11-12H,6,8H2,1H3,(H2,14,15,16). The molecule has 0 saturated heterocycles. The summed E-state index contributed by atoms with van der Waals surface area (Å²) in [4.78, 5) is 28.3. The lowest BCUT2D eigenvalue weighted by molar-refractivity contribution is -0.109. The van der Waals surface area contributed by atoms with Gasteiger partial charge in [0.1, 0.15) is 6.29 Å². The minimum absolute atomic E-state index is 0.234. The molecule has 0 fully saturated rings. The van der Waals surface area contributed by atoms with Crippen molar-refractivity contribution in [2.24, 2.45) is 0 Å². The second kappa shape index (κ2) is 6.07. The second-order valence-electron chi connectivity index (χ2n) is 3.87. The van der Waals surface area contributed by atoms with Crippen LogP contribution in [-0.4, -0.2) is 29.2 Å². The van der Waals surface area contributed by atoms with Gasteiger partial charge in [0.15, 0.2) is 0 Å². The fraction of sp³-hybridized carbons (Fsp3) is 0.364. The Bertz CT molecular complexity index is 412. The Kier molecular flexibility index (Phi) is 5.02. The van der Waals surface area contributed by atoms with Gasteiger partial charge < -0.3 is 19.9 Å². The lowest BCUT2D eigenvalue weighted by atomic mass is 10.1. The maximum absolute atomic E-state index is 10.8. The quantitative estimate of drug-likeness (QED) is 0.515. The number of carbonyl (C=O) groups is 1. The molecule has 0 amide bonds. The number of benzene rings is 1. The fourth-order valence-corrected chi connectivity index (χ4v) is 2.18. The van der Waals surface area contributed by atoms with E-state index in [9.17, 15) is 9.36 Å². The first-order chi connectivity index (χ1) is 7.94. The molecule has 17 heavy (non-hydrogen) atoms. The molecule has 0 heterocycles. The Morgan fingerprint density at radius 3 is 2.24 bits per heavy atom. The Morgan fingerprint density at radius 1 is 1.29 bits per heavy atom. The van der Waals surface area contributed by atoms with Crippen LogP contribution in [0.2, 0.25) is 0 Å². The number of likely N-dealkylation sites (N-methyl/N-ethyl adjacent to an activating group) is 1. The topological polar surface area (TPSA) is 86.6 Å². The highest BCUT2D eigenvalue weighted by atomic mass is 31.2. The third-order valence-corrected chi connectivity index (χ3v) is 3.18. The minimum Gasteiger partial charge on any atom is -0.324 e. The van der Waals surface area contributed by atoms with Gasteiger partial charge in [-0.2, -0.15) is 0 Å². The first kappa shape index (κ1) is 14.1. The molecule has 1 atom stereocenters. The van der Waals surface area contributed by atoms with Gasteiger partial charge in [-0.15, -0.1) is 0 Å². The largest absolute Gasteiger partial charge is 0.329 e. The van der Waals surface area contributed by atoms with Crippen LogP contribution >= 0.6 is 7.60 Å². The van der Waals surface area contributed by atoms with E-state index in [4.69, 9.17) is 9.79 Å². The molecule has 94 valence electrons. The highest BCUT2D eigenvalue weighted by molar-refractivity contribution is 7.50. The van der Waals surface area contributed by atoms with Crippen molar-refractivity contribution in [1.29, 1.82) is 0 Å². The maximum Gasteiger partial charge on any atom is 0.329 e. The molecule has 1 aromatic carbocycles. The number of hydrogen-bond donors (Lipinski definition) is 3. The SMILES string of the molecule is CNC(C=O)Cc1ccc(CP(=O)(O)O)cc1. The zero-order chi connectivity index (χ0) is 12.9. The lowest BCUT2D eigenvalue weighted by Gasteiger charge is -2.09. The summed E-state index contributed by atoms with van der Waals surface area (Å²) in [5.41, 5.74) is 1.54. The van der Waals surface area contributed by atoms with Crippen LogP contribution in [0.25, 0.3) is 0 Å². The van der Waals surface area contributed by atoms with Gasteiger partial charge in [-0.25, -0.2) is 0 Å². The molecule has 1 rings (SSSR count). The summed E-state index contributed by atoms with van der Waals surface area (Å²) in [6.45, 7) is 0. The highest BCUT2D eigenvalue weighted by Gasteiger charge is 2.13. The molecular weight excluding hydrogens is 241 g/mol. The van der Waals surface area contributed by atoms with Crippen molar-refractivity contribution in [3.05, 3.63) is 35.4 Å². The van der Waals surface area contributed by atoms with Gasteiger partial charge in [0.2, 0.25) is 0 Å².